The van der Waals surface area contributed by atoms with Gasteiger partial charge in [-0.1, -0.05) is 52.9 Å². The number of esters is 3. The molecule has 0 aromatic rings. The van der Waals surface area contributed by atoms with Crippen LogP contribution in [-0.4, -0.2) is 57.2 Å². The van der Waals surface area contributed by atoms with Crippen LogP contribution in [0.5, 0.6) is 0 Å². The molecule has 0 unspecified atom stereocenters. The van der Waals surface area contributed by atoms with E-state index in [9.17, 15) is 14.4 Å². The summed E-state index contributed by atoms with van der Waals surface area (Å²) in [5, 5.41) is 3.52. The number of nitrogens with zero attached hydrogens (tertiary/aromatic N) is 3. The smallest absolute Gasteiger partial charge is 0.322 e. The lowest BCUT2D eigenvalue weighted by Crippen LogP contribution is -2.44. The van der Waals surface area contributed by atoms with Gasteiger partial charge in [-0.2, -0.15) is 0 Å². The minimum atomic E-state index is -1.11. The second-order valence-corrected chi connectivity index (χ2v) is 14.3. The Bertz CT molecular complexity index is 600. The third-order valence-corrected chi connectivity index (χ3v) is 4.76. The Labute approximate surface area is 202 Å². The van der Waals surface area contributed by atoms with E-state index in [1.807, 2.05) is 0 Å². The summed E-state index contributed by atoms with van der Waals surface area (Å²) in [6.07, 6.45) is 0.152. The van der Waals surface area contributed by atoms with E-state index in [0.717, 1.165) is 0 Å². The first kappa shape index (κ1) is 29.2. The minimum Gasteiger partial charge on any atom is -0.464 e. The van der Waals surface area contributed by atoms with Crippen molar-refractivity contribution >= 4 is 65.7 Å². The van der Waals surface area contributed by atoms with Gasteiger partial charge >= 0.3 is 17.9 Å². The van der Waals surface area contributed by atoms with Crippen LogP contribution in [0.15, 0.2) is 5.11 Å². The normalized spacial score (nSPS) is 12.6. The van der Waals surface area contributed by atoms with Crippen LogP contribution >= 0.6 is 47.8 Å². The van der Waals surface area contributed by atoms with E-state index in [4.69, 9.17) is 19.7 Å². The number of ether oxygens (including phenoxy) is 3. The second-order valence-electron chi connectivity index (χ2n) is 8.35. The number of rotatable bonds is 12. The van der Waals surface area contributed by atoms with Crippen LogP contribution in [0.2, 0.25) is 0 Å². The van der Waals surface area contributed by atoms with Crippen LogP contribution < -0.4 is 0 Å². The molecule has 0 aliphatic heterocycles. The number of azide groups is 1. The first-order valence-corrected chi connectivity index (χ1v) is 11.4. The van der Waals surface area contributed by atoms with Gasteiger partial charge in [0, 0.05) is 11.5 Å². The molecule has 0 rings (SSSR count). The van der Waals surface area contributed by atoms with Crippen LogP contribution in [0.1, 0.15) is 48.0 Å². The molecule has 0 heterocycles. The topological polar surface area (TPSA) is 128 Å². The number of alkyl halides is 3. The van der Waals surface area contributed by atoms with Crippen molar-refractivity contribution in [2.24, 2.45) is 10.5 Å². The largest absolute Gasteiger partial charge is 0.464 e. The number of hydrogen-bond donors (Lipinski definition) is 0. The molecule has 0 radical (unpaired) electrons. The maximum absolute atomic E-state index is 12.3. The molecule has 0 N–H and O–H groups in total. The maximum atomic E-state index is 12.3. The van der Waals surface area contributed by atoms with Gasteiger partial charge in [-0.25, -0.2) is 0 Å². The molecule has 0 aliphatic carbocycles. The van der Waals surface area contributed by atoms with Crippen molar-refractivity contribution in [3.63, 3.8) is 0 Å². The Morgan fingerprint density at radius 2 is 1.07 bits per heavy atom. The third kappa shape index (κ3) is 11.0. The molecule has 0 aromatic carbocycles. The predicted molar refractivity (Wildman–Crippen MR) is 123 cm³/mol. The zero-order chi connectivity index (χ0) is 23.8. The number of carbonyl (C=O) groups excluding carboxylic acids is 3. The van der Waals surface area contributed by atoms with E-state index in [1.54, 1.807) is 41.5 Å². The molecule has 0 saturated heterocycles. The molecular formula is C18H28Br3N3O6. The Balaban J connectivity index is 5.73. The van der Waals surface area contributed by atoms with Gasteiger partial charge in [0.1, 0.15) is 32.8 Å². The Hall–Kier alpha value is -0.840. The minimum absolute atomic E-state index is 0.0241. The zero-order valence-corrected chi connectivity index (χ0v) is 22.7. The molecular weight excluding hydrogens is 594 g/mol. The molecule has 0 aromatic heterocycles. The number of halogens is 3. The average molecular weight is 622 g/mol. The Morgan fingerprint density at radius 3 is 1.30 bits per heavy atom. The lowest BCUT2D eigenvalue weighted by atomic mass is 9.86. The van der Waals surface area contributed by atoms with Crippen molar-refractivity contribution in [3.05, 3.63) is 10.4 Å². The summed E-state index contributed by atoms with van der Waals surface area (Å²) < 4.78 is 13.4. The van der Waals surface area contributed by atoms with Gasteiger partial charge in [0.05, 0.1) is 5.41 Å². The molecule has 9 nitrogen and oxygen atoms in total. The number of carbonyl (C=O) groups is 3. The van der Waals surface area contributed by atoms with Crippen molar-refractivity contribution < 1.29 is 28.6 Å². The highest BCUT2D eigenvalue weighted by Gasteiger charge is 2.39. The fourth-order valence-corrected chi connectivity index (χ4v) is 2.19. The van der Waals surface area contributed by atoms with Crippen molar-refractivity contribution in [2.45, 2.75) is 60.9 Å². The van der Waals surface area contributed by atoms with Crippen LogP contribution in [0.4, 0.5) is 0 Å². The zero-order valence-electron chi connectivity index (χ0n) is 18.0. The summed E-state index contributed by atoms with van der Waals surface area (Å²) in [7, 11) is 0. The molecule has 0 bridgehead atoms. The average Bonchev–Trinajstić information content (AvgIpc) is 2.59. The molecule has 12 heteroatoms. The van der Waals surface area contributed by atoms with Gasteiger partial charge in [0.2, 0.25) is 0 Å². The van der Waals surface area contributed by atoms with Gasteiger partial charge in [-0.05, 0) is 53.5 Å². The fraction of sp³-hybridized carbons (Fsp3) is 0.833. The third-order valence-electron chi connectivity index (χ3n) is 3.79. The summed E-state index contributed by atoms with van der Waals surface area (Å²) in [5.41, 5.74) is 7.51. The summed E-state index contributed by atoms with van der Waals surface area (Å²) >= 11 is 9.68. The Kier molecular flexibility index (Phi) is 11.4. The maximum Gasteiger partial charge on any atom is 0.322 e. The van der Waals surface area contributed by atoms with Gasteiger partial charge in [0.15, 0.2) is 0 Å². The summed E-state index contributed by atoms with van der Waals surface area (Å²) in [6.45, 7) is 9.12. The quantitative estimate of drug-likeness (QED) is 0.0767. The molecule has 30 heavy (non-hydrogen) atoms. The Morgan fingerprint density at radius 1 is 0.767 bits per heavy atom. The standard InChI is InChI=1S/C18H28Br3N3O6/c1-15(2,19)12(25)28-9-18(7-8-23-24-22,10-29-13(26)16(3,4)20)11-30-14(27)17(5,6)21/h7-11H2,1-6H3. The van der Waals surface area contributed by atoms with Crippen molar-refractivity contribution in [1.29, 1.82) is 0 Å². The number of hydrogen-bond acceptors (Lipinski definition) is 7. The van der Waals surface area contributed by atoms with Gasteiger partial charge in [0.25, 0.3) is 0 Å². The van der Waals surface area contributed by atoms with Crippen molar-refractivity contribution in [2.75, 3.05) is 26.4 Å². The van der Waals surface area contributed by atoms with E-state index < -0.39 is 36.3 Å². The summed E-state index contributed by atoms with van der Waals surface area (Å²) in [4.78, 5) is 39.5. The van der Waals surface area contributed by atoms with Crippen LogP contribution in [0, 0.1) is 5.41 Å². The highest BCUT2D eigenvalue weighted by atomic mass is 79.9. The first-order chi connectivity index (χ1) is 13.4. The van der Waals surface area contributed by atoms with E-state index in [0.29, 0.717) is 0 Å². The van der Waals surface area contributed by atoms with Crippen molar-refractivity contribution in [3.8, 4) is 0 Å². The van der Waals surface area contributed by atoms with Gasteiger partial charge in [-0.15, -0.1) is 0 Å². The van der Waals surface area contributed by atoms with Gasteiger partial charge < -0.3 is 14.2 Å². The van der Waals surface area contributed by atoms with Crippen LogP contribution in [0.25, 0.3) is 10.4 Å². The second kappa shape index (κ2) is 11.7. The SMILES string of the molecule is CC(C)(Br)C(=O)OCC(CCN=[N+]=[N-])(COC(=O)C(C)(C)Br)COC(=O)C(C)(C)Br. The molecule has 0 fully saturated rings. The monoisotopic (exact) mass is 619 g/mol. The fourth-order valence-electron chi connectivity index (χ4n) is 1.84. The molecule has 0 saturated carbocycles. The summed E-state index contributed by atoms with van der Waals surface area (Å²) in [5.74, 6) is -1.64. The van der Waals surface area contributed by atoms with Crippen LogP contribution in [0.3, 0.4) is 0 Å². The lowest BCUT2D eigenvalue weighted by Gasteiger charge is -2.34. The highest BCUT2D eigenvalue weighted by Crippen LogP contribution is 2.30. The highest BCUT2D eigenvalue weighted by molar-refractivity contribution is 9.10. The molecule has 0 spiro atoms. The predicted octanol–water partition coefficient (Wildman–Crippen LogP) is 4.82. The van der Waals surface area contributed by atoms with Crippen molar-refractivity contribution in [1.82, 2.24) is 0 Å². The molecule has 0 atom stereocenters. The van der Waals surface area contributed by atoms with E-state index in [2.05, 4.69) is 57.8 Å². The summed E-state index contributed by atoms with van der Waals surface area (Å²) in [6, 6.07) is 0. The van der Waals surface area contributed by atoms with E-state index in [1.165, 1.54) is 0 Å². The van der Waals surface area contributed by atoms with E-state index >= 15 is 0 Å². The molecule has 0 aliphatic rings. The van der Waals surface area contributed by atoms with E-state index in [-0.39, 0.29) is 32.8 Å². The first-order valence-electron chi connectivity index (χ1n) is 9.04. The van der Waals surface area contributed by atoms with Gasteiger partial charge in [-0.3, -0.25) is 14.4 Å². The molecule has 0 amide bonds. The lowest BCUT2D eigenvalue weighted by molar-refractivity contribution is -0.164. The molecule has 172 valence electrons. The van der Waals surface area contributed by atoms with Crippen LogP contribution in [-0.2, 0) is 28.6 Å².